The number of carboxylic acids is 1. The zero-order chi connectivity index (χ0) is 18.8. The number of amides is 2. The van der Waals surface area contributed by atoms with E-state index in [4.69, 9.17) is 5.11 Å². The van der Waals surface area contributed by atoms with Gasteiger partial charge in [0.05, 0.1) is 11.5 Å². The molecule has 0 spiro atoms. The number of carbonyl (C=O) groups is 3. The van der Waals surface area contributed by atoms with Crippen molar-refractivity contribution in [1.82, 2.24) is 4.90 Å². The minimum absolute atomic E-state index is 0.0557. The molecule has 2 N–H and O–H groups in total. The lowest BCUT2D eigenvalue weighted by Crippen LogP contribution is -2.42. The number of hydrogen-bond acceptors (Lipinski definition) is 3. The number of benzene rings is 1. The second-order valence-electron chi connectivity index (χ2n) is 5.91. The molecular formula is C16H17F3N2O4. The summed E-state index contributed by atoms with van der Waals surface area (Å²) in [5.74, 6) is -3.04. The highest BCUT2D eigenvalue weighted by Crippen LogP contribution is 2.32. The number of piperidine rings is 1. The van der Waals surface area contributed by atoms with Crippen molar-refractivity contribution < 1.29 is 32.7 Å². The van der Waals surface area contributed by atoms with Gasteiger partial charge in [0, 0.05) is 31.3 Å². The first-order valence-electron chi connectivity index (χ1n) is 7.60. The number of anilines is 1. The number of likely N-dealkylation sites (tertiary alicyclic amines) is 1. The Morgan fingerprint density at radius 1 is 1.24 bits per heavy atom. The van der Waals surface area contributed by atoms with E-state index >= 15 is 0 Å². The summed E-state index contributed by atoms with van der Waals surface area (Å²) in [6.07, 6.45) is -3.81. The average molecular weight is 358 g/mol. The molecule has 0 bridgehead atoms. The first kappa shape index (κ1) is 18.8. The third-order valence-corrected chi connectivity index (χ3v) is 3.89. The lowest BCUT2D eigenvalue weighted by atomic mass is 9.97. The van der Waals surface area contributed by atoms with Gasteiger partial charge in [0.2, 0.25) is 5.91 Å². The molecule has 1 unspecified atom stereocenters. The Kier molecular flexibility index (Phi) is 5.34. The third-order valence-electron chi connectivity index (χ3n) is 3.89. The largest absolute Gasteiger partial charge is 0.481 e. The van der Waals surface area contributed by atoms with E-state index in [1.807, 2.05) is 0 Å². The van der Waals surface area contributed by atoms with E-state index in [1.165, 1.54) is 4.90 Å². The Balaban J connectivity index is 2.34. The molecule has 0 radical (unpaired) electrons. The van der Waals surface area contributed by atoms with E-state index in [0.29, 0.717) is 18.9 Å². The molecule has 2 rings (SSSR count). The van der Waals surface area contributed by atoms with Crippen LogP contribution in [-0.4, -0.2) is 40.9 Å². The van der Waals surface area contributed by atoms with Gasteiger partial charge in [0.1, 0.15) is 0 Å². The molecule has 25 heavy (non-hydrogen) atoms. The molecule has 1 aromatic rings. The number of nitrogens with one attached hydrogen (secondary N) is 1. The Morgan fingerprint density at radius 2 is 1.92 bits per heavy atom. The van der Waals surface area contributed by atoms with Gasteiger partial charge in [-0.1, -0.05) is 0 Å². The fourth-order valence-electron chi connectivity index (χ4n) is 2.74. The minimum atomic E-state index is -4.69. The number of hydrogen-bond donors (Lipinski definition) is 2. The average Bonchev–Trinajstić information content (AvgIpc) is 2.52. The summed E-state index contributed by atoms with van der Waals surface area (Å²) in [5, 5.41) is 11.3. The summed E-state index contributed by atoms with van der Waals surface area (Å²) < 4.78 is 39.1. The van der Waals surface area contributed by atoms with Crippen molar-refractivity contribution in [2.24, 2.45) is 5.92 Å². The zero-order valence-corrected chi connectivity index (χ0v) is 13.4. The summed E-state index contributed by atoms with van der Waals surface area (Å²) in [4.78, 5) is 36.0. The SMILES string of the molecule is CC(=O)Nc1cc(C(=O)N2CCCC(C(=O)O)C2)cc(C(F)(F)F)c1. The van der Waals surface area contributed by atoms with Crippen LogP contribution in [0.1, 0.15) is 35.7 Å². The maximum absolute atomic E-state index is 13.0. The van der Waals surface area contributed by atoms with Crippen molar-refractivity contribution in [3.05, 3.63) is 29.3 Å². The van der Waals surface area contributed by atoms with Crippen molar-refractivity contribution in [1.29, 1.82) is 0 Å². The van der Waals surface area contributed by atoms with Crippen LogP contribution < -0.4 is 5.32 Å². The Bertz CT molecular complexity index is 703. The van der Waals surface area contributed by atoms with Gasteiger partial charge in [-0.25, -0.2) is 0 Å². The molecule has 0 aromatic heterocycles. The number of nitrogens with zero attached hydrogens (tertiary/aromatic N) is 1. The lowest BCUT2D eigenvalue weighted by Gasteiger charge is -2.31. The predicted octanol–water partition coefficient (Wildman–Crippen LogP) is 2.60. The number of halogens is 3. The fourth-order valence-corrected chi connectivity index (χ4v) is 2.74. The molecule has 1 atom stereocenters. The van der Waals surface area contributed by atoms with Crippen LogP contribution in [0.4, 0.5) is 18.9 Å². The molecule has 6 nitrogen and oxygen atoms in total. The first-order valence-corrected chi connectivity index (χ1v) is 7.60. The van der Waals surface area contributed by atoms with Crippen molar-refractivity contribution in [2.75, 3.05) is 18.4 Å². The van der Waals surface area contributed by atoms with Gasteiger partial charge >= 0.3 is 12.1 Å². The minimum Gasteiger partial charge on any atom is -0.481 e. The van der Waals surface area contributed by atoms with E-state index in [0.717, 1.165) is 19.1 Å². The van der Waals surface area contributed by atoms with E-state index in [1.54, 1.807) is 0 Å². The molecule has 0 aliphatic carbocycles. The number of carbonyl (C=O) groups excluding carboxylic acids is 2. The molecule has 136 valence electrons. The molecule has 1 heterocycles. The summed E-state index contributed by atoms with van der Waals surface area (Å²) in [5.41, 5.74) is -1.45. The van der Waals surface area contributed by atoms with Crippen LogP contribution in [0.25, 0.3) is 0 Å². The standard InChI is InChI=1S/C16H17F3N2O4/c1-9(22)20-13-6-11(5-12(7-13)16(17,18)19)14(23)21-4-2-3-10(8-21)15(24)25/h5-7,10H,2-4,8H2,1H3,(H,20,22)(H,24,25). The van der Waals surface area contributed by atoms with Crippen molar-refractivity contribution in [3.63, 3.8) is 0 Å². The van der Waals surface area contributed by atoms with E-state index in [9.17, 15) is 27.6 Å². The molecule has 1 aromatic carbocycles. The maximum atomic E-state index is 13.0. The van der Waals surface area contributed by atoms with Crippen LogP contribution in [0, 0.1) is 5.92 Å². The molecule has 1 aliphatic rings. The van der Waals surface area contributed by atoms with Crippen LogP contribution in [0.2, 0.25) is 0 Å². The van der Waals surface area contributed by atoms with Gasteiger partial charge in [0.15, 0.2) is 0 Å². The highest BCUT2D eigenvalue weighted by atomic mass is 19.4. The van der Waals surface area contributed by atoms with Crippen molar-refractivity contribution >= 4 is 23.5 Å². The van der Waals surface area contributed by atoms with E-state index < -0.39 is 35.4 Å². The normalized spacial score (nSPS) is 17.9. The Morgan fingerprint density at radius 3 is 2.48 bits per heavy atom. The molecule has 2 amide bonds. The van der Waals surface area contributed by atoms with Crippen LogP contribution in [0.5, 0.6) is 0 Å². The number of alkyl halides is 3. The Hall–Kier alpha value is -2.58. The monoisotopic (exact) mass is 358 g/mol. The van der Waals surface area contributed by atoms with Crippen molar-refractivity contribution in [2.45, 2.75) is 25.9 Å². The topological polar surface area (TPSA) is 86.7 Å². The molecular weight excluding hydrogens is 341 g/mol. The van der Waals surface area contributed by atoms with E-state index in [-0.39, 0.29) is 24.3 Å². The van der Waals surface area contributed by atoms with Gasteiger partial charge in [-0.15, -0.1) is 0 Å². The van der Waals surface area contributed by atoms with Crippen LogP contribution >= 0.6 is 0 Å². The zero-order valence-electron chi connectivity index (χ0n) is 13.4. The van der Waals surface area contributed by atoms with Crippen LogP contribution in [0.15, 0.2) is 18.2 Å². The maximum Gasteiger partial charge on any atom is 0.416 e. The summed E-state index contributed by atoms with van der Waals surface area (Å²) in [6, 6.07) is 2.61. The summed E-state index contributed by atoms with van der Waals surface area (Å²) >= 11 is 0. The van der Waals surface area contributed by atoms with Crippen LogP contribution in [0.3, 0.4) is 0 Å². The number of carboxylic acid groups (broad SMARTS) is 1. The van der Waals surface area contributed by atoms with Crippen LogP contribution in [-0.2, 0) is 15.8 Å². The molecule has 1 aliphatic heterocycles. The molecule has 0 saturated carbocycles. The molecule has 1 fully saturated rings. The van der Waals surface area contributed by atoms with E-state index in [2.05, 4.69) is 5.32 Å². The summed E-state index contributed by atoms with van der Waals surface area (Å²) in [6.45, 7) is 1.36. The van der Waals surface area contributed by atoms with Gasteiger partial charge in [-0.05, 0) is 31.0 Å². The van der Waals surface area contributed by atoms with Gasteiger partial charge in [-0.3, -0.25) is 14.4 Å². The lowest BCUT2D eigenvalue weighted by molar-refractivity contribution is -0.143. The highest BCUT2D eigenvalue weighted by molar-refractivity contribution is 5.97. The number of rotatable bonds is 3. The third kappa shape index (κ3) is 4.71. The second kappa shape index (κ2) is 7.12. The smallest absolute Gasteiger partial charge is 0.416 e. The summed E-state index contributed by atoms with van der Waals surface area (Å²) in [7, 11) is 0. The van der Waals surface area contributed by atoms with Gasteiger partial charge in [-0.2, -0.15) is 13.2 Å². The fraction of sp³-hybridized carbons (Fsp3) is 0.438. The number of aliphatic carboxylic acids is 1. The first-order chi connectivity index (χ1) is 11.6. The Labute approximate surface area is 141 Å². The second-order valence-corrected chi connectivity index (χ2v) is 5.91. The highest BCUT2D eigenvalue weighted by Gasteiger charge is 2.33. The quantitative estimate of drug-likeness (QED) is 0.870. The molecule has 1 saturated heterocycles. The predicted molar refractivity (Wildman–Crippen MR) is 82.0 cm³/mol. The van der Waals surface area contributed by atoms with Gasteiger partial charge < -0.3 is 15.3 Å². The van der Waals surface area contributed by atoms with Crippen molar-refractivity contribution in [3.8, 4) is 0 Å². The van der Waals surface area contributed by atoms with Gasteiger partial charge in [0.25, 0.3) is 5.91 Å². The molecule has 9 heteroatoms.